The van der Waals surface area contributed by atoms with Gasteiger partial charge >= 0.3 is 0 Å². The molecule has 14 heavy (non-hydrogen) atoms. The Morgan fingerprint density at radius 3 is 2.50 bits per heavy atom. The van der Waals surface area contributed by atoms with Crippen molar-refractivity contribution in [3.8, 4) is 0 Å². The van der Waals surface area contributed by atoms with Gasteiger partial charge in [0.1, 0.15) is 0 Å². The highest BCUT2D eigenvalue weighted by atomic mass is 35.5. The van der Waals surface area contributed by atoms with Gasteiger partial charge < -0.3 is 5.73 Å². The Morgan fingerprint density at radius 2 is 2.00 bits per heavy atom. The van der Waals surface area contributed by atoms with Crippen molar-refractivity contribution in [3.63, 3.8) is 0 Å². The zero-order valence-electron chi connectivity index (χ0n) is 8.06. The monoisotopic (exact) mass is 229 g/mol. The zero-order chi connectivity index (χ0) is 10.3. The van der Waals surface area contributed by atoms with Gasteiger partial charge in [0.2, 0.25) is 0 Å². The molecule has 1 saturated carbocycles. The summed E-state index contributed by atoms with van der Waals surface area (Å²) in [6.45, 7) is 2.20. The standard InChI is InChI=1S/C11H13Cl2N/c1-11(4-5-11)10(14)8-3-2-7(12)6-9(8)13/h2-3,6,10H,4-5,14H2,1H3. The second-order valence-corrected chi connectivity index (χ2v) is 5.14. The summed E-state index contributed by atoms with van der Waals surface area (Å²) in [5, 5.41) is 1.34. The number of nitrogens with two attached hydrogens (primary N) is 1. The van der Waals surface area contributed by atoms with Gasteiger partial charge in [0, 0.05) is 16.1 Å². The number of hydrogen-bond donors (Lipinski definition) is 1. The Hall–Kier alpha value is -0.240. The lowest BCUT2D eigenvalue weighted by Gasteiger charge is -2.20. The van der Waals surface area contributed by atoms with Crippen LogP contribution in [0.2, 0.25) is 10.0 Å². The quantitative estimate of drug-likeness (QED) is 0.821. The van der Waals surface area contributed by atoms with E-state index in [2.05, 4.69) is 6.92 Å². The van der Waals surface area contributed by atoms with Crippen LogP contribution in [-0.2, 0) is 0 Å². The largest absolute Gasteiger partial charge is 0.323 e. The van der Waals surface area contributed by atoms with Gasteiger partial charge in [-0.15, -0.1) is 0 Å². The zero-order valence-corrected chi connectivity index (χ0v) is 9.57. The molecule has 76 valence electrons. The first-order chi connectivity index (χ1) is 6.53. The average molecular weight is 230 g/mol. The van der Waals surface area contributed by atoms with Gasteiger partial charge in [0.15, 0.2) is 0 Å². The minimum absolute atomic E-state index is 0.0345. The minimum Gasteiger partial charge on any atom is -0.323 e. The maximum absolute atomic E-state index is 6.16. The van der Waals surface area contributed by atoms with Crippen LogP contribution in [0, 0.1) is 5.41 Å². The first kappa shape index (κ1) is 10.3. The Bertz CT molecular complexity index is 358. The molecule has 1 aliphatic carbocycles. The summed E-state index contributed by atoms with van der Waals surface area (Å²) in [7, 11) is 0. The van der Waals surface area contributed by atoms with E-state index in [-0.39, 0.29) is 11.5 Å². The van der Waals surface area contributed by atoms with Gasteiger partial charge in [0.25, 0.3) is 0 Å². The molecule has 0 aliphatic heterocycles. The van der Waals surface area contributed by atoms with E-state index >= 15 is 0 Å². The van der Waals surface area contributed by atoms with Gasteiger partial charge in [0.05, 0.1) is 0 Å². The van der Waals surface area contributed by atoms with Crippen molar-refractivity contribution in [2.45, 2.75) is 25.8 Å². The van der Waals surface area contributed by atoms with Crippen LogP contribution in [0.4, 0.5) is 0 Å². The first-order valence-electron chi connectivity index (χ1n) is 4.73. The van der Waals surface area contributed by atoms with Crippen LogP contribution in [0.25, 0.3) is 0 Å². The molecule has 0 amide bonds. The summed E-state index contributed by atoms with van der Waals surface area (Å²) in [6, 6.07) is 5.56. The van der Waals surface area contributed by atoms with Gasteiger partial charge in [-0.05, 0) is 36.0 Å². The molecule has 3 heteroatoms. The van der Waals surface area contributed by atoms with Gasteiger partial charge in [-0.2, -0.15) is 0 Å². The Labute approximate surface area is 94.2 Å². The van der Waals surface area contributed by atoms with Crippen LogP contribution in [0.1, 0.15) is 31.4 Å². The second-order valence-electron chi connectivity index (χ2n) is 4.30. The van der Waals surface area contributed by atoms with Gasteiger partial charge in [-0.25, -0.2) is 0 Å². The fraction of sp³-hybridized carbons (Fsp3) is 0.455. The fourth-order valence-corrected chi connectivity index (χ4v) is 2.16. The number of hydrogen-bond acceptors (Lipinski definition) is 1. The lowest BCUT2D eigenvalue weighted by Crippen LogP contribution is -2.20. The molecule has 1 aliphatic rings. The van der Waals surface area contributed by atoms with E-state index < -0.39 is 0 Å². The highest BCUT2D eigenvalue weighted by Gasteiger charge is 2.44. The van der Waals surface area contributed by atoms with Gasteiger partial charge in [-0.3, -0.25) is 0 Å². The molecule has 0 spiro atoms. The van der Waals surface area contributed by atoms with Crippen molar-refractivity contribution in [3.05, 3.63) is 33.8 Å². The third-order valence-electron chi connectivity index (χ3n) is 3.09. The summed E-state index contributed by atoms with van der Waals surface area (Å²) in [4.78, 5) is 0. The van der Waals surface area contributed by atoms with Crippen molar-refractivity contribution in [2.24, 2.45) is 11.1 Å². The molecule has 1 aromatic carbocycles. The van der Waals surface area contributed by atoms with Gasteiger partial charge in [-0.1, -0.05) is 36.2 Å². The first-order valence-corrected chi connectivity index (χ1v) is 5.49. The molecule has 0 radical (unpaired) electrons. The second kappa shape index (κ2) is 3.41. The normalized spacial score (nSPS) is 20.6. The van der Waals surface area contributed by atoms with Crippen molar-refractivity contribution in [1.82, 2.24) is 0 Å². The summed E-state index contributed by atoms with van der Waals surface area (Å²) in [5.74, 6) is 0. The molecule has 0 aromatic heterocycles. The van der Waals surface area contributed by atoms with E-state index in [4.69, 9.17) is 28.9 Å². The third kappa shape index (κ3) is 1.77. The predicted octanol–water partition coefficient (Wildman–Crippen LogP) is 3.79. The van der Waals surface area contributed by atoms with E-state index in [1.54, 1.807) is 6.07 Å². The molecule has 1 aromatic rings. The van der Waals surface area contributed by atoms with Crippen LogP contribution in [0.5, 0.6) is 0 Å². The van der Waals surface area contributed by atoms with E-state index in [0.29, 0.717) is 10.0 Å². The SMILES string of the molecule is CC1(C(N)c2ccc(Cl)cc2Cl)CC1. The van der Waals surface area contributed by atoms with Crippen LogP contribution in [0.15, 0.2) is 18.2 Å². The molecule has 2 rings (SSSR count). The summed E-state index contributed by atoms with van der Waals surface area (Å²) in [5.41, 5.74) is 7.42. The van der Waals surface area contributed by atoms with Crippen molar-refractivity contribution < 1.29 is 0 Å². The molecular formula is C11H13Cl2N. The summed E-state index contributed by atoms with van der Waals surface area (Å²) >= 11 is 11.9. The van der Waals surface area contributed by atoms with Crippen LogP contribution >= 0.6 is 23.2 Å². The molecule has 0 bridgehead atoms. The summed E-state index contributed by atoms with van der Waals surface area (Å²) < 4.78 is 0. The number of benzene rings is 1. The Balaban J connectivity index is 2.32. The topological polar surface area (TPSA) is 26.0 Å². The molecule has 1 unspecified atom stereocenters. The predicted molar refractivity (Wildman–Crippen MR) is 60.7 cm³/mol. The van der Waals surface area contributed by atoms with Crippen molar-refractivity contribution >= 4 is 23.2 Å². The molecule has 0 saturated heterocycles. The molecule has 1 nitrogen and oxygen atoms in total. The molecular weight excluding hydrogens is 217 g/mol. The van der Waals surface area contributed by atoms with Crippen LogP contribution in [-0.4, -0.2) is 0 Å². The van der Waals surface area contributed by atoms with E-state index in [1.807, 2.05) is 12.1 Å². The maximum atomic E-state index is 6.16. The molecule has 2 N–H and O–H groups in total. The highest BCUT2D eigenvalue weighted by Crippen LogP contribution is 2.54. The van der Waals surface area contributed by atoms with Crippen molar-refractivity contribution in [2.75, 3.05) is 0 Å². The molecule has 1 fully saturated rings. The van der Waals surface area contributed by atoms with E-state index in [9.17, 15) is 0 Å². The molecule has 0 heterocycles. The number of halogens is 2. The lowest BCUT2D eigenvalue weighted by molar-refractivity contribution is 0.451. The Kier molecular flexibility index (Phi) is 2.50. The third-order valence-corrected chi connectivity index (χ3v) is 3.65. The maximum Gasteiger partial charge on any atom is 0.0468 e. The highest BCUT2D eigenvalue weighted by molar-refractivity contribution is 6.35. The molecule has 1 atom stereocenters. The van der Waals surface area contributed by atoms with Crippen LogP contribution < -0.4 is 5.73 Å². The van der Waals surface area contributed by atoms with Crippen molar-refractivity contribution in [1.29, 1.82) is 0 Å². The summed E-state index contributed by atoms with van der Waals surface area (Å²) in [6.07, 6.45) is 2.38. The number of rotatable bonds is 2. The van der Waals surface area contributed by atoms with E-state index in [0.717, 1.165) is 5.56 Å². The van der Waals surface area contributed by atoms with E-state index in [1.165, 1.54) is 12.8 Å². The van der Waals surface area contributed by atoms with Crippen LogP contribution in [0.3, 0.4) is 0 Å². The Morgan fingerprint density at radius 1 is 1.36 bits per heavy atom. The smallest absolute Gasteiger partial charge is 0.0468 e. The fourth-order valence-electron chi connectivity index (χ4n) is 1.64. The average Bonchev–Trinajstić information content (AvgIpc) is 2.84. The lowest BCUT2D eigenvalue weighted by atomic mass is 9.93. The minimum atomic E-state index is 0.0345.